The van der Waals surface area contributed by atoms with Crippen LogP contribution in [0.25, 0.3) is 0 Å². The summed E-state index contributed by atoms with van der Waals surface area (Å²) in [6, 6.07) is -0.866. The number of likely N-dealkylation sites (tertiary alicyclic amines) is 1. The Hall–Kier alpha value is -0.910. The number of nitrogens with one attached hydrogen (secondary N) is 1. The molecule has 5 nitrogen and oxygen atoms in total. The SMILES string of the molecule is CSC1(CNC(=O)N2CCCCC2C(=O)O)CCCC1. The summed E-state index contributed by atoms with van der Waals surface area (Å²) in [4.78, 5) is 25.0. The molecule has 2 rings (SSSR count). The molecule has 0 aromatic heterocycles. The van der Waals surface area contributed by atoms with Gasteiger partial charge in [-0.2, -0.15) is 11.8 Å². The number of carbonyl (C=O) groups is 2. The molecule has 114 valence electrons. The fraction of sp³-hybridized carbons (Fsp3) is 0.857. The standard InChI is InChI=1S/C14H24N2O3S/c1-20-14(7-3-4-8-14)10-15-13(19)16-9-5-2-6-11(16)12(17)18/h11H,2-10H2,1H3,(H,15,19)(H,17,18). The Kier molecular flexibility index (Phi) is 5.18. The van der Waals surface area contributed by atoms with Crippen LogP contribution < -0.4 is 5.32 Å². The average molecular weight is 300 g/mol. The van der Waals surface area contributed by atoms with Gasteiger partial charge in [0.15, 0.2) is 0 Å². The van der Waals surface area contributed by atoms with E-state index in [2.05, 4.69) is 11.6 Å². The zero-order valence-electron chi connectivity index (χ0n) is 12.1. The maximum absolute atomic E-state index is 12.3. The summed E-state index contributed by atoms with van der Waals surface area (Å²) in [6.07, 6.45) is 9.15. The van der Waals surface area contributed by atoms with Crippen molar-refractivity contribution < 1.29 is 14.7 Å². The number of amides is 2. The Morgan fingerprint density at radius 2 is 2.00 bits per heavy atom. The summed E-state index contributed by atoms with van der Waals surface area (Å²) in [5.74, 6) is -0.889. The van der Waals surface area contributed by atoms with E-state index < -0.39 is 12.0 Å². The van der Waals surface area contributed by atoms with Crippen molar-refractivity contribution in [1.29, 1.82) is 0 Å². The summed E-state index contributed by atoms with van der Waals surface area (Å²) >= 11 is 1.83. The Balaban J connectivity index is 1.91. The molecule has 1 heterocycles. The van der Waals surface area contributed by atoms with Gasteiger partial charge < -0.3 is 15.3 Å². The van der Waals surface area contributed by atoms with Crippen molar-refractivity contribution in [3.63, 3.8) is 0 Å². The molecule has 1 unspecified atom stereocenters. The van der Waals surface area contributed by atoms with E-state index in [9.17, 15) is 14.7 Å². The fourth-order valence-corrected chi connectivity index (χ4v) is 4.16. The van der Waals surface area contributed by atoms with Crippen LogP contribution in [0.2, 0.25) is 0 Å². The molecule has 2 aliphatic rings. The first-order valence-electron chi connectivity index (χ1n) is 7.40. The van der Waals surface area contributed by atoms with Gasteiger partial charge in [0.1, 0.15) is 6.04 Å². The van der Waals surface area contributed by atoms with Crippen LogP contribution >= 0.6 is 11.8 Å². The lowest BCUT2D eigenvalue weighted by Gasteiger charge is -2.34. The van der Waals surface area contributed by atoms with Crippen molar-refractivity contribution in [1.82, 2.24) is 10.2 Å². The van der Waals surface area contributed by atoms with E-state index in [1.54, 1.807) is 0 Å². The fourth-order valence-electron chi connectivity index (χ4n) is 3.24. The van der Waals surface area contributed by atoms with Crippen molar-refractivity contribution in [2.45, 2.75) is 55.7 Å². The number of nitrogens with zero attached hydrogens (tertiary/aromatic N) is 1. The van der Waals surface area contributed by atoms with Crippen LogP contribution in [0, 0.1) is 0 Å². The molecule has 0 aromatic carbocycles. The van der Waals surface area contributed by atoms with E-state index in [1.807, 2.05) is 11.8 Å². The Bertz CT molecular complexity index is 369. The smallest absolute Gasteiger partial charge is 0.326 e. The van der Waals surface area contributed by atoms with Crippen molar-refractivity contribution in [3.8, 4) is 0 Å². The lowest BCUT2D eigenvalue weighted by molar-refractivity contribution is -0.143. The van der Waals surface area contributed by atoms with Crippen LogP contribution in [0.15, 0.2) is 0 Å². The summed E-state index contributed by atoms with van der Waals surface area (Å²) < 4.78 is 0.157. The molecular weight excluding hydrogens is 276 g/mol. The number of hydrogen-bond donors (Lipinski definition) is 2. The number of aliphatic carboxylic acids is 1. The number of urea groups is 1. The maximum atomic E-state index is 12.3. The molecule has 0 radical (unpaired) electrons. The Morgan fingerprint density at radius 3 is 2.60 bits per heavy atom. The lowest BCUT2D eigenvalue weighted by Crippen LogP contribution is -2.53. The summed E-state index contributed by atoms with van der Waals surface area (Å²) in [5.41, 5.74) is 0. The van der Waals surface area contributed by atoms with Gasteiger partial charge in [-0.25, -0.2) is 9.59 Å². The third kappa shape index (κ3) is 3.40. The van der Waals surface area contributed by atoms with E-state index in [0.29, 0.717) is 19.5 Å². The number of thioether (sulfide) groups is 1. The highest BCUT2D eigenvalue weighted by Crippen LogP contribution is 2.39. The largest absolute Gasteiger partial charge is 0.480 e. The minimum atomic E-state index is -0.889. The van der Waals surface area contributed by atoms with Crippen molar-refractivity contribution in [2.24, 2.45) is 0 Å². The van der Waals surface area contributed by atoms with Gasteiger partial charge >= 0.3 is 12.0 Å². The van der Waals surface area contributed by atoms with Crippen LogP contribution in [0.4, 0.5) is 4.79 Å². The zero-order valence-corrected chi connectivity index (χ0v) is 12.9. The van der Waals surface area contributed by atoms with Gasteiger partial charge in [-0.3, -0.25) is 0 Å². The molecule has 1 aliphatic heterocycles. The predicted molar refractivity (Wildman–Crippen MR) is 80.1 cm³/mol. The molecule has 0 aromatic rings. The molecule has 2 N–H and O–H groups in total. The second-order valence-electron chi connectivity index (χ2n) is 5.80. The third-order valence-corrected chi connectivity index (χ3v) is 5.98. The summed E-state index contributed by atoms with van der Waals surface area (Å²) in [5, 5.41) is 12.2. The molecule has 1 saturated carbocycles. The first-order chi connectivity index (χ1) is 9.58. The van der Waals surface area contributed by atoms with Gasteiger partial charge in [-0.15, -0.1) is 0 Å². The minimum absolute atomic E-state index is 0.157. The number of carboxylic acids is 1. The van der Waals surface area contributed by atoms with Gasteiger partial charge in [0.05, 0.1) is 0 Å². The monoisotopic (exact) mass is 300 g/mol. The number of carbonyl (C=O) groups excluding carboxylic acids is 1. The van der Waals surface area contributed by atoms with Crippen LogP contribution in [0.5, 0.6) is 0 Å². The van der Waals surface area contributed by atoms with E-state index >= 15 is 0 Å². The van der Waals surface area contributed by atoms with E-state index in [1.165, 1.54) is 17.7 Å². The number of rotatable bonds is 4. The third-order valence-electron chi connectivity index (χ3n) is 4.56. The molecule has 2 amide bonds. The molecule has 0 bridgehead atoms. The van der Waals surface area contributed by atoms with Gasteiger partial charge in [0, 0.05) is 17.8 Å². The summed E-state index contributed by atoms with van der Waals surface area (Å²) in [7, 11) is 0. The highest BCUT2D eigenvalue weighted by atomic mass is 32.2. The van der Waals surface area contributed by atoms with Crippen molar-refractivity contribution >= 4 is 23.8 Å². The van der Waals surface area contributed by atoms with Crippen LogP contribution in [0.3, 0.4) is 0 Å². The Labute approximate surface area is 124 Å². The molecule has 1 aliphatic carbocycles. The molecule has 1 saturated heterocycles. The highest BCUT2D eigenvalue weighted by molar-refractivity contribution is 8.00. The molecule has 20 heavy (non-hydrogen) atoms. The first kappa shape index (κ1) is 15.5. The highest BCUT2D eigenvalue weighted by Gasteiger charge is 2.36. The second-order valence-corrected chi connectivity index (χ2v) is 7.07. The van der Waals surface area contributed by atoms with E-state index in [-0.39, 0.29) is 10.8 Å². The molecular formula is C14H24N2O3S. The van der Waals surface area contributed by atoms with Gasteiger partial charge in [0.2, 0.25) is 0 Å². The number of carboxylic acid groups (broad SMARTS) is 1. The van der Waals surface area contributed by atoms with Crippen molar-refractivity contribution in [2.75, 3.05) is 19.3 Å². The lowest BCUT2D eigenvalue weighted by atomic mass is 10.0. The average Bonchev–Trinajstić information content (AvgIpc) is 2.94. The van der Waals surface area contributed by atoms with Gasteiger partial charge in [0.25, 0.3) is 0 Å². The quantitative estimate of drug-likeness (QED) is 0.836. The van der Waals surface area contributed by atoms with Crippen LogP contribution in [-0.4, -0.2) is 52.1 Å². The van der Waals surface area contributed by atoms with Gasteiger partial charge in [-0.1, -0.05) is 12.8 Å². The minimum Gasteiger partial charge on any atom is -0.480 e. The van der Waals surface area contributed by atoms with Gasteiger partial charge in [-0.05, 0) is 38.4 Å². The second kappa shape index (κ2) is 6.70. The first-order valence-corrected chi connectivity index (χ1v) is 8.63. The zero-order chi connectivity index (χ0) is 14.6. The summed E-state index contributed by atoms with van der Waals surface area (Å²) in [6.45, 7) is 1.20. The molecule has 0 spiro atoms. The van der Waals surface area contributed by atoms with Crippen LogP contribution in [0.1, 0.15) is 44.9 Å². The maximum Gasteiger partial charge on any atom is 0.326 e. The Morgan fingerprint density at radius 1 is 1.30 bits per heavy atom. The van der Waals surface area contributed by atoms with E-state index in [4.69, 9.17) is 0 Å². The number of piperidine rings is 1. The molecule has 2 fully saturated rings. The topological polar surface area (TPSA) is 69.6 Å². The normalized spacial score (nSPS) is 25.4. The molecule has 6 heteroatoms. The van der Waals surface area contributed by atoms with E-state index in [0.717, 1.165) is 25.7 Å². The number of hydrogen-bond acceptors (Lipinski definition) is 3. The van der Waals surface area contributed by atoms with Crippen LogP contribution in [-0.2, 0) is 4.79 Å². The molecule has 1 atom stereocenters. The predicted octanol–water partition coefficient (Wildman–Crippen LogP) is 2.31. The van der Waals surface area contributed by atoms with Crippen molar-refractivity contribution in [3.05, 3.63) is 0 Å².